The van der Waals surface area contributed by atoms with Gasteiger partial charge >= 0.3 is 0 Å². The first kappa shape index (κ1) is 19.9. The number of likely N-dealkylation sites (N-methyl/N-ethyl adjacent to an activating group) is 1. The monoisotopic (exact) mass is 364 g/mol. The fraction of sp³-hybridized carbons (Fsp3) is 0.632. The van der Waals surface area contributed by atoms with Crippen LogP contribution in [0.5, 0.6) is 0 Å². The van der Waals surface area contributed by atoms with Crippen LogP contribution < -0.4 is 5.32 Å². The number of benzene rings is 1. The van der Waals surface area contributed by atoms with Crippen LogP contribution in [0.2, 0.25) is 0 Å². The molecule has 0 aliphatic carbocycles. The Hall–Kier alpha value is -1.40. The molecule has 1 heterocycles. The summed E-state index contributed by atoms with van der Waals surface area (Å²) in [5.74, 6) is 1.52. The van der Waals surface area contributed by atoms with Crippen molar-refractivity contribution in [3.05, 3.63) is 30.3 Å². The maximum absolute atomic E-state index is 12.3. The maximum atomic E-state index is 12.3. The molecule has 140 valence electrons. The van der Waals surface area contributed by atoms with Gasteiger partial charge in [-0.2, -0.15) is 0 Å². The van der Waals surface area contributed by atoms with Crippen molar-refractivity contribution >= 4 is 16.8 Å². The lowest BCUT2D eigenvalue weighted by atomic mass is 10.2. The summed E-state index contributed by atoms with van der Waals surface area (Å²) in [7, 11) is -0.984. The summed E-state index contributed by atoms with van der Waals surface area (Å²) in [5, 5.41) is 3.39. The Morgan fingerprint density at radius 3 is 2.64 bits per heavy atom. The highest BCUT2D eigenvalue weighted by molar-refractivity contribution is 7.85. The topological polar surface area (TPSA) is 47.9 Å². The lowest BCUT2D eigenvalue weighted by Crippen LogP contribution is -2.43. The quantitative estimate of drug-likeness (QED) is 0.567. The summed E-state index contributed by atoms with van der Waals surface area (Å²) >= 11 is 0. The van der Waals surface area contributed by atoms with E-state index >= 15 is 0 Å². The molecular weight excluding hydrogens is 332 g/mol. The van der Waals surface area contributed by atoms with Crippen molar-refractivity contribution in [3.8, 4) is 0 Å². The van der Waals surface area contributed by atoms with Crippen molar-refractivity contribution in [2.24, 2.45) is 4.99 Å². The highest BCUT2D eigenvalue weighted by Gasteiger charge is 2.27. The molecule has 1 aromatic carbocycles. The number of nitrogens with one attached hydrogen (secondary N) is 1. The van der Waals surface area contributed by atoms with Gasteiger partial charge in [0.25, 0.3) is 0 Å². The molecule has 1 aliphatic heterocycles. The molecule has 2 unspecified atom stereocenters. The molecule has 1 saturated heterocycles. The second kappa shape index (κ2) is 10.6. The number of aliphatic imine (C=N–C) groups is 1. The van der Waals surface area contributed by atoms with Crippen LogP contribution in [0.15, 0.2) is 40.2 Å². The fourth-order valence-corrected chi connectivity index (χ4v) is 4.28. The van der Waals surface area contributed by atoms with Gasteiger partial charge in [-0.25, -0.2) is 0 Å². The predicted octanol–water partition coefficient (Wildman–Crippen LogP) is 2.18. The van der Waals surface area contributed by atoms with Crippen molar-refractivity contribution in [3.63, 3.8) is 0 Å². The largest absolute Gasteiger partial charge is 0.357 e. The van der Waals surface area contributed by atoms with Crippen LogP contribution in [-0.4, -0.2) is 71.0 Å². The highest BCUT2D eigenvalue weighted by Crippen LogP contribution is 2.15. The standard InChI is InChI=1S/C19H32N4OS/c1-4-20-19(23-14-12-17(16-23)22(5-2)6-3)21-13-15-25(24)18-10-8-7-9-11-18/h7-11,17H,4-6,12-16H2,1-3H3,(H,20,21). The van der Waals surface area contributed by atoms with Gasteiger partial charge < -0.3 is 10.2 Å². The number of hydrogen-bond donors (Lipinski definition) is 1. The SMILES string of the molecule is CCNC(=NCCS(=O)c1ccccc1)N1CCC(N(CC)CC)C1. The average Bonchev–Trinajstić information content (AvgIpc) is 3.12. The molecule has 2 rings (SSSR count). The third kappa shape index (κ3) is 5.82. The minimum atomic E-state index is -0.984. The highest BCUT2D eigenvalue weighted by atomic mass is 32.2. The van der Waals surface area contributed by atoms with Gasteiger partial charge in [-0.15, -0.1) is 0 Å². The zero-order valence-electron chi connectivity index (χ0n) is 15.8. The van der Waals surface area contributed by atoms with E-state index in [-0.39, 0.29) is 0 Å². The lowest BCUT2D eigenvalue weighted by molar-refractivity contribution is 0.223. The molecule has 1 aliphatic rings. The van der Waals surface area contributed by atoms with E-state index in [0.29, 0.717) is 18.3 Å². The Labute approximate surface area is 155 Å². The minimum absolute atomic E-state index is 0.562. The lowest BCUT2D eigenvalue weighted by Gasteiger charge is -2.27. The molecule has 0 spiro atoms. The number of hydrogen-bond acceptors (Lipinski definition) is 3. The molecular formula is C19H32N4OS. The van der Waals surface area contributed by atoms with Crippen LogP contribution in [0.25, 0.3) is 0 Å². The van der Waals surface area contributed by atoms with E-state index in [4.69, 9.17) is 4.99 Å². The van der Waals surface area contributed by atoms with Crippen molar-refractivity contribution in [2.75, 3.05) is 45.0 Å². The summed E-state index contributed by atoms with van der Waals surface area (Å²) in [6, 6.07) is 10.2. The van der Waals surface area contributed by atoms with E-state index in [2.05, 4.69) is 35.9 Å². The van der Waals surface area contributed by atoms with Crippen LogP contribution in [0.4, 0.5) is 0 Å². The Balaban J connectivity index is 1.91. The van der Waals surface area contributed by atoms with Crippen LogP contribution in [0.1, 0.15) is 27.2 Å². The second-order valence-corrected chi connectivity index (χ2v) is 7.78. The molecule has 1 fully saturated rings. The predicted molar refractivity (Wildman–Crippen MR) is 107 cm³/mol. The zero-order valence-corrected chi connectivity index (χ0v) is 16.6. The number of likely N-dealkylation sites (tertiary alicyclic amines) is 1. The summed E-state index contributed by atoms with van der Waals surface area (Å²) in [5.41, 5.74) is 0. The number of guanidine groups is 1. The number of nitrogens with zero attached hydrogens (tertiary/aromatic N) is 3. The average molecular weight is 365 g/mol. The summed E-state index contributed by atoms with van der Waals surface area (Å²) in [6.07, 6.45) is 1.18. The third-order valence-corrected chi connectivity index (χ3v) is 6.02. The van der Waals surface area contributed by atoms with Gasteiger partial charge in [0, 0.05) is 36.3 Å². The Kier molecular flexibility index (Phi) is 8.41. The van der Waals surface area contributed by atoms with Crippen LogP contribution in [0.3, 0.4) is 0 Å². The molecule has 0 bridgehead atoms. The fourth-order valence-electron chi connectivity index (χ4n) is 3.32. The molecule has 0 saturated carbocycles. The summed E-state index contributed by atoms with van der Waals surface area (Å²) in [4.78, 5) is 10.5. The molecule has 6 heteroatoms. The normalized spacial score (nSPS) is 19.4. The van der Waals surface area contributed by atoms with Crippen molar-refractivity contribution in [1.82, 2.24) is 15.1 Å². The number of rotatable bonds is 8. The van der Waals surface area contributed by atoms with Gasteiger partial charge in [-0.1, -0.05) is 32.0 Å². The Morgan fingerprint density at radius 2 is 2.00 bits per heavy atom. The molecule has 0 radical (unpaired) electrons. The Morgan fingerprint density at radius 1 is 1.28 bits per heavy atom. The van der Waals surface area contributed by atoms with Crippen LogP contribution in [-0.2, 0) is 10.8 Å². The second-order valence-electron chi connectivity index (χ2n) is 6.21. The van der Waals surface area contributed by atoms with E-state index in [1.54, 1.807) is 0 Å². The van der Waals surface area contributed by atoms with Crippen LogP contribution >= 0.6 is 0 Å². The van der Waals surface area contributed by atoms with Gasteiger partial charge in [0.15, 0.2) is 5.96 Å². The molecule has 25 heavy (non-hydrogen) atoms. The third-order valence-electron chi connectivity index (χ3n) is 4.67. The molecule has 0 aromatic heterocycles. The zero-order chi connectivity index (χ0) is 18.1. The first-order valence-corrected chi connectivity index (χ1v) is 10.7. The molecule has 5 nitrogen and oxygen atoms in total. The van der Waals surface area contributed by atoms with Gasteiger partial charge in [0.2, 0.25) is 0 Å². The van der Waals surface area contributed by atoms with E-state index < -0.39 is 10.8 Å². The van der Waals surface area contributed by atoms with Crippen molar-refractivity contribution < 1.29 is 4.21 Å². The molecule has 2 atom stereocenters. The Bertz CT molecular complexity index is 560. The summed E-state index contributed by atoms with van der Waals surface area (Å²) < 4.78 is 12.3. The van der Waals surface area contributed by atoms with Gasteiger partial charge in [0.05, 0.1) is 17.3 Å². The smallest absolute Gasteiger partial charge is 0.193 e. The van der Waals surface area contributed by atoms with Crippen LogP contribution in [0, 0.1) is 0 Å². The maximum Gasteiger partial charge on any atom is 0.193 e. The van der Waals surface area contributed by atoms with E-state index in [0.717, 1.165) is 43.6 Å². The molecule has 1 N–H and O–H groups in total. The minimum Gasteiger partial charge on any atom is -0.357 e. The van der Waals surface area contributed by atoms with E-state index in [1.807, 2.05) is 30.3 Å². The molecule has 1 aromatic rings. The first-order valence-electron chi connectivity index (χ1n) is 9.40. The van der Waals surface area contributed by atoms with E-state index in [1.165, 1.54) is 6.42 Å². The first-order chi connectivity index (χ1) is 12.2. The van der Waals surface area contributed by atoms with E-state index in [9.17, 15) is 4.21 Å². The van der Waals surface area contributed by atoms with Crippen molar-refractivity contribution in [2.45, 2.75) is 38.1 Å². The van der Waals surface area contributed by atoms with Gasteiger partial charge in [0.1, 0.15) is 0 Å². The molecule has 0 amide bonds. The van der Waals surface area contributed by atoms with Crippen molar-refractivity contribution in [1.29, 1.82) is 0 Å². The summed E-state index contributed by atoms with van der Waals surface area (Å²) in [6.45, 7) is 12.2. The van der Waals surface area contributed by atoms with Gasteiger partial charge in [-0.3, -0.25) is 14.1 Å². The van der Waals surface area contributed by atoms with Gasteiger partial charge in [-0.05, 0) is 38.6 Å².